The van der Waals surface area contributed by atoms with Gasteiger partial charge in [-0.25, -0.2) is 0 Å². The van der Waals surface area contributed by atoms with Crippen molar-refractivity contribution in [3.63, 3.8) is 0 Å². The monoisotopic (exact) mass is 283 g/mol. The Bertz CT molecular complexity index is 574. The van der Waals surface area contributed by atoms with Gasteiger partial charge in [-0.05, 0) is 43.5 Å². The summed E-state index contributed by atoms with van der Waals surface area (Å²) >= 11 is 12.2. The minimum Gasteiger partial charge on any atom is -0.458 e. The maximum absolute atomic E-state index is 6.17. The fourth-order valence-electron chi connectivity index (χ4n) is 2.37. The van der Waals surface area contributed by atoms with E-state index in [1.54, 1.807) is 0 Å². The summed E-state index contributed by atoms with van der Waals surface area (Å²) in [7, 11) is 0. The van der Waals surface area contributed by atoms with E-state index in [0.29, 0.717) is 27.6 Å². The van der Waals surface area contributed by atoms with Crippen molar-refractivity contribution in [2.45, 2.75) is 25.8 Å². The summed E-state index contributed by atoms with van der Waals surface area (Å²) in [6.45, 7) is 3.05. The molecule has 1 fully saturated rings. The van der Waals surface area contributed by atoms with Gasteiger partial charge in [0.05, 0.1) is 11.1 Å². The highest BCUT2D eigenvalue weighted by Gasteiger charge is 2.34. The van der Waals surface area contributed by atoms with Crippen LogP contribution in [0.15, 0.2) is 22.6 Å². The molecule has 2 aromatic rings. The summed E-state index contributed by atoms with van der Waals surface area (Å²) in [5.41, 5.74) is 0.697. The van der Waals surface area contributed by atoms with Crippen molar-refractivity contribution in [2.24, 2.45) is 5.92 Å². The van der Waals surface area contributed by atoms with Gasteiger partial charge in [-0.3, -0.25) is 0 Å². The van der Waals surface area contributed by atoms with Gasteiger partial charge in [0.2, 0.25) is 0 Å². The van der Waals surface area contributed by atoms with E-state index in [0.717, 1.165) is 17.7 Å². The van der Waals surface area contributed by atoms with Crippen molar-refractivity contribution in [1.29, 1.82) is 0 Å². The molecule has 1 aromatic heterocycles. The molecule has 2 nitrogen and oxygen atoms in total. The molecule has 96 valence electrons. The lowest BCUT2D eigenvalue weighted by Crippen LogP contribution is -2.21. The molecule has 1 atom stereocenters. The number of benzene rings is 1. The van der Waals surface area contributed by atoms with E-state index >= 15 is 0 Å². The van der Waals surface area contributed by atoms with Crippen molar-refractivity contribution < 1.29 is 4.42 Å². The van der Waals surface area contributed by atoms with Crippen LogP contribution < -0.4 is 5.32 Å². The molecule has 1 aliphatic carbocycles. The molecule has 1 heterocycles. The van der Waals surface area contributed by atoms with Crippen LogP contribution in [0.3, 0.4) is 0 Å². The molecule has 1 aliphatic rings. The first-order valence-electron chi connectivity index (χ1n) is 6.31. The van der Waals surface area contributed by atoms with Crippen molar-refractivity contribution in [2.75, 3.05) is 6.54 Å². The normalized spacial score (nSPS) is 17.3. The van der Waals surface area contributed by atoms with Gasteiger partial charge in [-0.1, -0.05) is 30.1 Å². The third kappa shape index (κ3) is 2.13. The molecule has 1 unspecified atom stereocenters. The quantitative estimate of drug-likeness (QED) is 0.872. The second kappa shape index (κ2) is 4.76. The van der Waals surface area contributed by atoms with Crippen LogP contribution in [0.2, 0.25) is 10.0 Å². The molecule has 0 saturated heterocycles. The first-order chi connectivity index (χ1) is 8.70. The van der Waals surface area contributed by atoms with E-state index in [1.807, 2.05) is 12.1 Å². The van der Waals surface area contributed by atoms with Gasteiger partial charge in [0.15, 0.2) is 5.58 Å². The Labute approximate surface area is 116 Å². The van der Waals surface area contributed by atoms with Crippen molar-refractivity contribution >= 4 is 34.2 Å². The van der Waals surface area contributed by atoms with E-state index in [1.165, 1.54) is 12.8 Å². The number of rotatable bonds is 4. The Kier molecular flexibility index (Phi) is 3.27. The molecule has 0 bridgehead atoms. The second-order valence-corrected chi connectivity index (χ2v) is 5.59. The average molecular weight is 284 g/mol. The van der Waals surface area contributed by atoms with Crippen LogP contribution in [0, 0.1) is 5.92 Å². The number of nitrogens with one attached hydrogen (secondary N) is 1. The lowest BCUT2D eigenvalue weighted by atomic mass is 10.1. The molecule has 18 heavy (non-hydrogen) atoms. The standard InChI is InChI=1S/C14H15Cl2NO/c1-2-17-13(8-3-4-8)11-7-9-5-6-10(15)12(16)14(9)18-11/h5-8,13,17H,2-4H2,1H3. The van der Waals surface area contributed by atoms with E-state index in [2.05, 4.69) is 18.3 Å². The molecule has 0 aliphatic heterocycles. The Balaban J connectivity index is 2.04. The van der Waals surface area contributed by atoms with Crippen molar-refractivity contribution in [3.05, 3.63) is 34.0 Å². The van der Waals surface area contributed by atoms with Crippen LogP contribution in [-0.2, 0) is 0 Å². The summed E-state index contributed by atoms with van der Waals surface area (Å²) in [6, 6.07) is 6.14. The Morgan fingerprint density at radius 1 is 1.39 bits per heavy atom. The number of furan rings is 1. The first-order valence-corrected chi connectivity index (χ1v) is 7.07. The zero-order valence-corrected chi connectivity index (χ0v) is 11.7. The third-order valence-corrected chi connectivity index (χ3v) is 4.21. The summed E-state index contributed by atoms with van der Waals surface area (Å²) < 4.78 is 5.92. The van der Waals surface area contributed by atoms with Gasteiger partial charge in [-0.15, -0.1) is 0 Å². The third-order valence-electron chi connectivity index (χ3n) is 3.42. The summed E-state index contributed by atoms with van der Waals surface area (Å²) in [5.74, 6) is 1.67. The average Bonchev–Trinajstić information content (AvgIpc) is 3.10. The van der Waals surface area contributed by atoms with E-state index in [-0.39, 0.29) is 0 Å². The highest BCUT2D eigenvalue weighted by atomic mass is 35.5. The summed E-state index contributed by atoms with van der Waals surface area (Å²) in [6.07, 6.45) is 2.53. The Morgan fingerprint density at radius 2 is 2.17 bits per heavy atom. The van der Waals surface area contributed by atoms with Crippen LogP contribution >= 0.6 is 23.2 Å². The highest BCUT2D eigenvalue weighted by molar-refractivity contribution is 6.44. The molecule has 0 radical (unpaired) electrons. The van der Waals surface area contributed by atoms with Gasteiger partial charge >= 0.3 is 0 Å². The van der Waals surface area contributed by atoms with E-state index in [9.17, 15) is 0 Å². The maximum atomic E-state index is 6.17. The molecule has 0 amide bonds. The molecule has 1 saturated carbocycles. The zero-order chi connectivity index (χ0) is 12.7. The van der Waals surface area contributed by atoms with Gasteiger partial charge in [-0.2, -0.15) is 0 Å². The molecule has 3 rings (SSSR count). The van der Waals surface area contributed by atoms with Gasteiger partial charge in [0, 0.05) is 5.39 Å². The SMILES string of the molecule is CCNC(c1cc2ccc(Cl)c(Cl)c2o1)C1CC1. The number of halogens is 2. The molecule has 4 heteroatoms. The van der Waals surface area contributed by atoms with Crippen LogP contribution in [0.5, 0.6) is 0 Å². The Morgan fingerprint density at radius 3 is 2.83 bits per heavy atom. The van der Waals surface area contributed by atoms with Crippen molar-refractivity contribution in [3.8, 4) is 0 Å². The zero-order valence-electron chi connectivity index (χ0n) is 10.2. The highest BCUT2D eigenvalue weighted by Crippen LogP contribution is 2.43. The molecule has 0 spiro atoms. The van der Waals surface area contributed by atoms with Crippen LogP contribution in [0.4, 0.5) is 0 Å². The van der Waals surface area contributed by atoms with Crippen molar-refractivity contribution in [1.82, 2.24) is 5.32 Å². The van der Waals surface area contributed by atoms with Crippen LogP contribution in [0.1, 0.15) is 31.6 Å². The molecule has 1 N–H and O–H groups in total. The Hall–Kier alpha value is -0.700. The predicted molar refractivity (Wildman–Crippen MR) is 75.4 cm³/mol. The minimum absolute atomic E-state index is 0.303. The first kappa shape index (κ1) is 12.3. The molecular weight excluding hydrogens is 269 g/mol. The van der Waals surface area contributed by atoms with E-state index in [4.69, 9.17) is 27.6 Å². The van der Waals surface area contributed by atoms with Gasteiger partial charge in [0.1, 0.15) is 10.8 Å². The van der Waals surface area contributed by atoms with Gasteiger partial charge in [0.25, 0.3) is 0 Å². The van der Waals surface area contributed by atoms with Gasteiger partial charge < -0.3 is 9.73 Å². The smallest absolute Gasteiger partial charge is 0.154 e. The van der Waals surface area contributed by atoms with Crippen LogP contribution in [-0.4, -0.2) is 6.54 Å². The number of hydrogen-bond donors (Lipinski definition) is 1. The lowest BCUT2D eigenvalue weighted by molar-refractivity contribution is 0.403. The van der Waals surface area contributed by atoms with E-state index < -0.39 is 0 Å². The lowest BCUT2D eigenvalue weighted by Gasteiger charge is -2.13. The topological polar surface area (TPSA) is 25.2 Å². The number of hydrogen-bond acceptors (Lipinski definition) is 2. The number of fused-ring (bicyclic) bond motifs is 1. The summed E-state index contributed by atoms with van der Waals surface area (Å²) in [4.78, 5) is 0. The molecular formula is C14H15Cl2NO. The maximum Gasteiger partial charge on any atom is 0.154 e. The second-order valence-electron chi connectivity index (χ2n) is 4.80. The fourth-order valence-corrected chi connectivity index (χ4v) is 2.73. The van der Waals surface area contributed by atoms with Crippen LogP contribution in [0.25, 0.3) is 11.0 Å². The largest absolute Gasteiger partial charge is 0.458 e. The molecule has 1 aromatic carbocycles. The predicted octanol–water partition coefficient (Wildman–Crippen LogP) is 4.80. The summed E-state index contributed by atoms with van der Waals surface area (Å²) in [5, 5.41) is 5.55. The fraction of sp³-hybridized carbons (Fsp3) is 0.429. The minimum atomic E-state index is 0.303.